The molecule has 0 bridgehead atoms. The van der Waals surface area contributed by atoms with Gasteiger partial charge in [0, 0.05) is 6.54 Å². The average molecular weight is 237 g/mol. The zero-order chi connectivity index (χ0) is 12.1. The van der Waals surface area contributed by atoms with E-state index >= 15 is 0 Å². The molecule has 0 aliphatic carbocycles. The second kappa shape index (κ2) is 5.42. The van der Waals surface area contributed by atoms with E-state index in [0.717, 1.165) is 5.00 Å². The smallest absolute Gasteiger partial charge is 0.177 e. The summed E-state index contributed by atoms with van der Waals surface area (Å²) in [6.45, 7) is 4.76. The third-order valence-corrected chi connectivity index (χ3v) is 3.03. The molecule has 0 amide bonds. The number of nitrogens with one attached hydrogen (secondary N) is 1. The molecule has 1 rings (SSSR count). The number of nitriles is 1. The zero-order valence-corrected chi connectivity index (χ0v) is 10.4. The van der Waals surface area contributed by atoms with Gasteiger partial charge in [-0.25, -0.2) is 0 Å². The number of thiophene rings is 1. The van der Waals surface area contributed by atoms with Crippen LogP contribution in [0.25, 0.3) is 0 Å². The van der Waals surface area contributed by atoms with E-state index < -0.39 is 0 Å². The molecule has 1 aromatic rings. The molecule has 0 aliphatic heterocycles. The summed E-state index contributed by atoms with van der Waals surface area (Å²) in [6, 6.07) is 2.05. The van der Waals surface area contributed by atoms with E-state index in [0.29, 0.717) is 22.9 Å². The quantitative estimate of drug-likeness (QED) is 0.789. The molecule has 0 aromatic carbocycles. The van der Waals surface area contributed by atoms with Gasteiger partial charge in [-0.05, 0) is 13.8 Å². The summed E-state index contributed by atoms with van der Waals surface area (Å²) in [6.07, 6.45) is 2.06. The molecule has 0 saturated heterocycles. The van der Waals surface area contributed by atoms with Crippen molar-refractivity contribution in [3.05, 3.63) is 16.5 Å². The lowest BCUT2D eigenvalue weighted by Gasteiger charge is -2.04. The first-order chi connectivity index (χ1) is 7.60. The van der Waals surface area contributed by atoms with Crippen molar-refractivity contribution in [1.29, 1.82) is 5.26 Å². The van der Waals surface area contributed by atoms with Gasteiger partial charge in [0.2, 0.25) is 0 Å². The lowest BCUT2D eigenvalue weighted by Crippen LogP contribution is -1.99. The molecular weight excluding hydrogens is 222 g/mol. The number of nitrogens with two attached hydrogens (primary N) is 1. The normalized spacial score (nSPS) is 9.38. The van der Waals surface area contributed by atoms with Gasteiger partial charge in [0.05, 0.1) is 7.11 Å². The maximum absolute atomic E-state index is 8.85. The number of hydrogen-bond acceptors (Lipinski definition) is 5. The Balaban J connectivity index is 2.88. The highest BCUT2D eigenvalue weighted by Crippen LogP contribution is 2.41. The van der Waals surface area contributed by atoms with Gasteiger partial charge in [0.15, 0.2) is 5.75 Å². The summed E-state index contributed by atoms with van der Waals surface area (Å²) < 4.78 is 5.17. The molecule has 0 saturated carbocycles. The van der Waals surface area contributed by atoms with E-state index in [1.807, 2.05) is 19.9 Å². The van der Waals surface area contributed by atoms with Crippen LogP contribution >= 0.6 is 11.3 Å². The summed E-state index contributed by atoms with van der Waals surface area (Å²) in [5, 5.41) is 12.8. The molecule has 0 aliphatic rings. The Bertz CT molecular complexity index is 439. The van der Waals surface area contributed by atoms with Crippen molar-refractivity contribution in [1.82, 2.24) is 0 Å². The fourth-order valence-corrected chi connectivity index (χ4v) is 2.07. The van der Waals surface area contributed by atoms with E-state index in [2.05, 4.69) is 11.4 Å². The fourth-order valence-electron chi connectivity index (χ4n) is 1.18. The molecule has 3 N–H and O–H groups in total. The summed E-state index contributed by atoms with van der Waals surface area (Å²) in [5.41, 5.74) is 7.41. The van der Waals surface area contributed by atoms with Gasteiger partial charge in [-0.15, -0.1) is 11.3 Å². The Hall–Kier alpha value is -1.67. The largest absolute Gasteiger partial charge is 0.492 e. The third kappa shape index (κ3) is 2.67. The van der Waals surface area contributed by atoms with Crippen molar-refractivity contribution < 1.29 is 4.74 Å². The maximum atomic E-state index is 8.85. The Labute approximate surface area is 99.3 Å². The van der Waals surface area contributed by atoms with Crippen molar-refractivity contribution in [2.75, 3.05) is 24.7 Å². The number of nitrogen functional groups attached to an aromatic ring is 1. The molecule has 0 spiro atoms. The van der Waals surface area contributed by atoms with Crippen molar-refractivity contribution in [2.24, 2.45) is 0 Å². The topological polar surface area (TPSA) is 71.1 Å². The molecule has 86 valence electrons. The van der Waals surface area contributed by atoms with Crippen LogP contribution in [0.3, 0.4) is 0 Å². The molecule has 4 nitrogen and oxygen atoms in total. The Morgan fingerprint density at radius 3 is 2.81 bits per heavy atom. The molecule has 0 atom stereocenters. The molecular formula is C11H15N3OS. The second-order valence-corrected chi connectivity index (χ2v) is 4.50. The van der Waals surface area contributed by atoms with Crippen LogP contribution in [0.15, 0.2) is 11.6 Å². The van der Waals surface area contributed by atoms with Crippen molar-refractivity contribution in [3.63, 3.8) is 0 Å². The van der Waals surface area contributed by atoms with Crippen LogP contribution in [0, 0.1) is 11.3 Å². The van der Waals surface area contributed by atoms with Crippen LogP contribution in [0.5, 0.6) is 5.75 Å². The van der Waals surface area contributed by atoms with Crippen molar-refractivity contribution >= 4 is 22.0 Å². The molecule has 0 unspecified atom stereocenters. The summed E-state index contributed by atoms with van der Waals surface area (Å²) in [7, 11) is 1.55. The van der Waals surface area contributed by atoms with Crippen LogP contribution in [0.4, 0.5) is 10.7 Å². The van der Waals surface area contributed by atoms with Gasteiger partial charge in [-0.2, -0.15) is 5.26 Å². The molecule has 1 heterocycles. The van der Waals surface area contributed by atoms with Gasteiger partial charge < -0.3 is 15.8 Å². The summed E-state index contributed by atoms with van der Waals surface area (Å²) in [4.78, 5) is 0.483. The zero-order valence-electron chi connectivity index (χ0n) is 9.63. The van der Waals surface area contributed by atoms with Crippen LogP contribution < -0.4 is 15.8 Å². The number of hydrogen-bond donors (Lipinski definition) is 2. The van der Waals surface area contributed by atoms with E-state index in [4.69, 9.17) is 15.7 Å². The van der Waals surface area contributed by atoms with Gasteiger partial charge in [-0.3, -0.25) is 0 Å². The average Bonchev–Trinajstić information content (AvgIpc) is 2.54. The number of ether oxygens (including phenoxy) is 1. The Morgan fingerprint density at radius 1 is 1.62 bits per heavy atom. The highest BCUT2D eigenvalue weighted by Gasteiger charge is 2.15. The third-order valence-electron chi connectivity index (χ3n) is 1.98. The minimum atomic E-state index is 0.412. The Morgan fingerprint density at radius 2 is 2.31 bits per heavy atom. The predicted octanol–water partition coefficient (Wildman–Crippen LogP) is 2.59. The first-order valence-electron chi connectivity index (χ1n) is 4.83. The highest BCUT2D eigenvalue weighted by molar-refractivity contribution is 7.17. The van der Waals surface area contributed by atoms with Gasteiger partial charge in [0.25, 0.3) is 0 Å². The van der Waals surface area contributed by atoms with E-state index in [1.165, 1.54) is 16.9 Å². The van der Waals surface area contributed by atoms with Gasteiger partial charge in [-0.1, -0.05) is 11.6 Å². The standard InChI is InChI=1S/C11H15N3OS/c1-7(2)4-5-14-11-10(15-3)9(13)8(6-12)16-11/h4,14H,5,13H2,1-3H3. The number of rotatable bonds is 4. The van der Waals surface area contributed by atoms with Crippen LogP contribution in [0.1, 0.15) is 18.7 Å². The summed E-state index contributed by atoms with van der Waals surface area (Å²) in [5.74, 6) is 0.559. The summed E-state index contributed by atoms with van der Waals surface area (Å²) >= 11 is 1.31. The minimum absolute atomic E-state index is 0.412. The Kier molecular flexibility index (Phi) is 4.20. The molecule has 1 aromatic heterocycles. The monoisotopic (exact) mass is 237 g/mol. The first-order valence-corrected chi connectivity index (χ1v) is 5.65. The molecule has 0 radical (unpaired) electrons. The number of nitrogens with zero attached hydrogens (tertiary/aromatic N) is 1. The highest BCUT2D eigenvalue weighted by atomic mass is 32.1. The molecule has 16 heavy (non-hydrogen) atoms. The maximum Gasteiger partial charge on any atom is 0.177 e. The predicted molar refractivity (Wildman–Crippen MR) is 67.9 cm³/mol. The van der Waals surface area contributed by atoms with E-state index in [-0.39, 0.29) is 0 Å². The van der Waals surface area contributed by atoms with Crippen LogP contribution in [0.2, 0.25) is 0 Å². The van der Waals surface area contributed by atoms with Gasteiger partial charge in [0.1, 0.15) is 21.6 Å². The first kappa shape index (κ1) is 12.4. The second-order valence-electron chi connectivity index (χ2n) is 3.48. The van der Waals surface area contributed by atoms with Crippen molar-refractivity contribution in [3.8, 4) is 11.8 Å². The van der Waals surface area contributed by atoms with E-state index in [1.54, 1.807) is 7.11 Å². The van der Waals surface area contributed by atoms with Crippen LogP contribution in [-0.2, 0) is 0 Å². The number of allylic oxidation sites excluding steroid dienone is 1. The fraction of sp³-hybridized carbons (Fsp3) is 0.364. The molecule has 0 fully saturated rings. The van der Waals surface area contributed by atoms with Gasteiger partial charge >= 0.3 is 0 Å². The molecule has 5 heteroatoms. The lowest BCUT2D eigenvalue weighted by atomic mass is 10.3. The number of anilines is 2. The van der Waals surface area contributed by atoms with E-state index in [9.17, 15) is 0 Å². The van der Waals surface area contributed by atoms with Crippen LogP contribution in [-0.4, -0.2) is 13.7 Å². The van der Waals surface area contributed by atoms with Crippen molar-refractivity contribution in [2.45, 2.75) is 13.8 Å². The minimum Gasteiger partial charge on any atom is -0.492 e. The lowest BCUT2D eigenvalue weighted by molar-refractivity contribution is 0.420. The SMILES string of the molecule is COc1c(NCC=C(C)C)sc(C#N)c1N. The number of methoxy groups -OCH3 is 1.